The zero-order chi connectivity index (χ0) is 15.8. The van der Waals surface area contributed by atoms with Crippen LogP contribution in [0.15, 0.2) is 18.2 Å². The van der Waals surface area contributed by atoms with Crippen LogP contribution in [0.5, 0.6) is 0 Å². The lowest BCUT2D eigenvalue weighted by molar-refractivity contribution is -0.103. The first-order valence-corrected chi connectivity index (χ1v) is 8.04. The molecule has 2 rings (SSSR count). The summed E-state index contributed by atoms with van der Waals surface area (Å²) in [5.74, 6) is -2.97. The fourth-order valence-electron chi connectivity index (χ4n) is 2.27. The van der Waals surface area contributed by atoms with E-state index in [1.807, 2.05) is 27.7 Å². The van der Waals surface area contributed by atoms with Crippen molar-refractivity contribution < 1.29 is 17.7 Å². The van der Waals surface area contributed by atoms with Crippen LogP contribution >= 0.6 is 0 Å². The number of rotatable bonds is 3. The molecule has 0 spiro atoms. The third kappa shape index (κ3) is 3.49. The van der Waals surface area contributed by atoms with E-state index < -0.39 is 28.3 Å². The normalized spacial score (nSPS) is 20.7. The zero-order valence-corrected chi connectivity index (χ0v) is 13.5. The van der Waals surface area contributed by atoms with Crippen molar-refractivity contribution in [2.45, 2.75) is 51.0 Å². The summed E-state index contributed by atoms with van der Waals surface area (Å²) in [5, 5.41) is 0. The lowest BCUT2D eigenvalue weighted by Crippen LogP contribution is -2.36. The minimum atomic E-state index is -2.97. The summed E-state index contributed by atoms with van der Waals surface area (Å²) in [7, 11) is -1.27. The fraction of sp³-hybridized carbons (Fsp3) is 0.600. The number of alkyl halides is 2. The highest BCUT2D eigenvalue weighted by Crippen LogP contribution is 2.38. The minimum absolute atomic E-state index is 0.0152. The maximum Gasteiger partial charge on any atom is 0.296 e. The number of nitrogens with one attached hydrogen (secondary N) is 1. The van der Waals surface area contributed by atoms with Gasteiger partial charge in [0.2, 0.25) is 0 Å². The number of benzene rings is 1. The van der Waals surface area contributed by atoms with Crippen molar-refractivity contribution in [3.63, 3.8) is 0 Å². The lowest BCUT2D eigenvalue weighted by Gasteiger charge is -2.29. The largest absolute Gasteiger partial charge is 0.370 e. The predicted octanol–water partition coefficient (Wildman–Crippen LogP) is 3.42. The van der Waals surface area contributed by atoms with E-state index in [0.717, 1.165) is 0 Å². The first-order chi connectivity index (χ1) is 9.63. The Morgan fingerprint density at radius 2 is 2.05 bits per heavy atom. The molecule has 0 saturated heterocycles. The average Bonchev–Trinajstić information content (AvgIpc) is 2.36. The fourth-order valence-corrected chi connectivity index (χ4v) is 3.08. The molecular weight excluding hydrogens is 296 g/mol. The molecule has 1 unspecified atom stereocenters. The third-order valence-electron chi connectivity index (χ3n) is 3.44. The van der Waals surface area contributed by atoms with E-state index in [1.165, 1.54) is 6.07 Å². The molecule has 1 aromatic carbocycles. The van der Waals surface area contributed by atoms with Gasteiger partial charge in [-0.1, -0.05) is 18.2 Å². The van der Waals surface area contributed by atoms with Gasteiger partial charge in [-0.15, -0.1) is 0 Å². The number of hydrogen-bond acceptors (Lipinski definition) is 2. The van der Waals surface area contributed by atoms with Gasteiger partial charge in [-0.25, -0.2) is 8.93 Å². The Balaban J connectivity index is 2.31. The second-order valence-electron chi connectivity index (χ2n) is 6.29. The lowest BCUT2D eigenvalue weighted by atomic mass is 9.92. The van der Waals surface area contributed by atoms with Crippen LogP contribution in [0.3, 0.4) is 0 Å². The molecule has 0 bridgehead atoms. The highest BCUT2D eigenvalue weighted by molar-refractivity contribution is 7.84. The Morgan fingerprint density at radius 1 is 1.38 bits per heavy atom. The Hall–Kier alpha value is -0.850. The molecule has 1 aliphatic rings. The van der Waals surface area contributed by atoms with Crippen LogP contribution in [0.1, 0.15) is 50.4 Å². The number of halogens is 2. The molecule has 1 aromatic rings. The van der Waals surface area contributed by atoms with E-state index in [9.17, 15) is 13.0 Å². The van der Waals surface area contributed by atoms with Crippen molar-refractivity contribution in [3.8, 4) is 0 Å². The maximum absolute atomic E-state index is 13.9. The van der Waals surface area contributed by atoms with Gasteiger partial charge in [0, 0.05) is 11.6 Å². The Bertz CT molecular complexity index is 555. The van der Waals surface area contributed by atoms with Gasteiger partial charge in [0.25, 0.3) is 5.92 Å². The van der Waals surface area contributed by atoms with Gasteiger partial charge in [-0.3, -0.25) is 0 Å². The van der Waals surface area contributed by atoms with Crippen molar-refractivity contribution in [1.82, 2.24) is 4.72 Å². The molecule has 2 atom stereocenters. The molecule has 1 N–H and O–H groups in total. The van der Waals surface area contributed by atoms with Crippen LogP contribution in [0, 0.1) is 0 Å². The molecule has 3 nitrogen and oxygen atoms in total. The van der Waals surface area contributed by atoms with Crippen LogP contribution in [-0.4, -0.2) is 15.6 Å². The van der Waals surface area contributed by atoms with Gasteiger partial charge in [0.05, 0.1) is 22.3 Å². The first-order valence-electron chi connectivity index (χ1n) is 6.89. The molecule has 0 radical (unpaired) electrons. The monoisotopic (exact) mass is 317 g/mol. The van der Waals surface area contributed by atoms with Gasteiger partial charge in [0.1, 0.15) is 6.61 Å². The standard InChI is InChI=1S/C15H21F2NO2S/c1-10(18-21(19)14(2,3)4)11-6-5-7-13-12(11)8-20-9-15(13,16)17/h5-7,10,18H,8-9H2,1-4H3/t10-,21?/m1/s1. The zero-order valence-electron chi connectivity index (χ0n) is 12.7. The second kappa shape index (κ2) is 5.74. The van der Waals surface area contributed by atoms with Crippen LogP contribution in [0.4, 0.5) is 8.78 Å². The molecular formula is C15H21F2NO2S. The average molecular weight is 317 g/mol. The molecule has 1 aliphatic heterocycles. The third-order valence-corrected chi connectivity index (χ3v) is 5.12. The smallest absolute Gasteiger partial charge is 0.296 e. The topological polar surface area (TPSA) is 38.3 Å². The molecule has 0 amide bonds. The summed E-state index contributed by atoms with van der Waals surface area (Å²) < 4.78 is 47.5. The van der Waals surface area contributed by atoms with Gasteiger partial charge in [-0.05, 0) is 38.8 Å². The van der Waals surface area contributed by atoms with Gasteiger partial charge in [-0.2, -0.15) is 8.78 Å². The van der Waals surface area contributed by atoms with E-state index in [0.29, 0.717) is 11.1 Å². The van der Waals surface area contributed by atoms with Crippen molar-refractivity contribution in [1.29, 1.82) is 0 Å². The van der Waals surface area contributed by atoms with Crippen LogP contribution in [0.25, 0.3) is 0 Å². The Kier molecular flexibility index (Phi) is 4.52. The summed E-state index contributed by atoms with van der Waals surface area (Å²) in [6.07, 6.45) is 0. The van der Waals surface area contributed by atoms with Crippen molar-refractivity contribution in [2.24, 2.45) is 0 Å². The number of ether oxygens (including phenoxy) is 1. The van der Waals surface area contributed by atoms with E-state index in [4.69, 9.17) is 4.74 Å². The van der Waals surface area contributed by atoms with Gasteiger partial charge >= 0.3 is 0 Å². The molecule has 21 heavy (non-hydrogen) atoms. The predicted molar refractivity (Wildman–Crippen MR) is 79.4 cm³/mol. The quantitative estimate of drug-likeness (QED) is 0.927. The van der Waals surface area contributed by atoms with Crippen molar-refractivity contribution >= 4 is 11.0 Å². The van der Waals surface area contributed by atoms with Crippen LogP contribution in [0.2, 0.25) is 0 Å². The van der Waals surface area contributed by atoms with E-state index in [2.05, 4.69) is 4.72 Å². The molecule has 1 heterocycles. The van der Waals surface area contributed by atoms with E-state index in [-0.39, 0.29) is 18.2 Å². The summed E-state index contributed by atoms with van der Waals surface area (Å²) in [6.45, 7) is 6.99. The molecule has 0 fully saturated rings. The summed E-state index contributed by atoms with van der Waals surface area (Å²) >= 11 is 0. The SMILES string of the molecule is C[C@@H](NS(=O)C(C)(C)C)c1cccc2c1COCC2(F)F. The molecule has 0 aromatic heterocycles. The second-order valence-corrected chi connectivity index (χ2v) is 8.29. The van der Waals surface area contributed by atoms with Gasteiger partial charge < -0.3 is 4.74 Å². The van der Waals surface area contributed by atoms with E-state index >= 15 is 0 Å². The summed E-state index contributed by atoms with van der Waals surface area (Å²) in [6, 6.07) is 4.54. The molecule has 118 valence electrons. The highest BCUT2D eigenvalue weighted by atomic mass is 32.2. The van der Waals surface area contributed by atoms with Gasteiger partial charge in [0.15, 0.2) is 0 Å². The highest BCUT2D eigenvalue weighted by Gasteiger charge is 2.39. The Morgan fingerprint density at radius 3 is 2.67 bits per heavy atom. The first kappa shape index (κ1) is 16.5. The summed E-state index contributed by atoms with van der Waals surface area (Å²) in [4.78, 5) is 0. The van der Waals surface area contributed by atoms with Crippen molar-refractivity contribution in [2.75, 3.05) is 6.61 Å². The number of fused-ring (bicyclic) bond motifs is 1. The van der Waals surface area contributed by atoms with E-state index in [1.54, 1.807) is 12.1 Å². The maximum atomic E-state index is 13.9. The van der Waals surface area contributed by atoms with Crippen molar-refractivity contribution in [3.05, 3.63) is 34.9 Å². The molecule has 0 saturated carbocycles. The summed E-state index contributed by atoms with van der Waals surface area (Å²) in [5.41, 5.74) is 1.23. The van der Waals surface area contributed by atoms with Crippen LogP contribution < -0.4 is 4.72 Å². The Labute approximate surface area is 126 Å². The molecule has 6 heteroatoms. The molecule has 0 aliphatic carbocycles. The minimum Gasteiger partial charge on any atom is -0.370 e. The van der Waals surface area contributed by atoms with Crippen LogP contribution in [-0.2, 0) is 28.3 Å². The number of hydrogen-bond donors (Lipinski definition) is 1.